The minimum absolute atomic E-state index is 0.247. The van der Waals surface area contributed by atoms with Crippen LogP contribution in [0, 0.1) is 12.3 Å². The molecule has 0 saturated heterocycles. The van der Waals surface area contributed by atoms with Crippen molar-refractivity contribution in [3.63, 3.8) is 0 Å². The van der Waals surface area contributed by atoms with E-state index in [-0.39, 0.29) is 17.7 Å². The second-order valence-electron chi connectivity index (χ2n) is 7.19. The molecule has 1 fully saturated rings. The number of aryl methyl sites for hydroxylation is 1. The van der Waals surface area contributed by atoms with Crippen LogP contribution in [-0.2, 0) is 9.59 Å². The zero-order valence-electron chi connectivity index (χ0n) is 15.2. The van der Waals surface area contributed by atoms with Gasteiger partial charge in [-0.1, -0.05) is 49.7 Å². The average Bonchev–Trinajstić information content (AvgIpc) is 3.40. The highest BCUT2D eigenvalue weighted by atomic mass is 35.5. The molecule has 2 N–H and O–H groups in total. The number of benzene rings is 2. The first-order valence-corrected chi connectivity index (χ1v) is 9.19. The van der Waals surface area contributed by atoms with E-state index in [4.69, 9.17) is 11.6 Å². The smallest absolute Gasteiger partial charge is 0.240 e. The van der Waals surface area contributed by atoms with Crippen LogP contribution >= 0.6 is 11.6 Å². The van der Waals surface area contributed by atoms with E-state index in [1.54, 1.807) is 12.1 Å². The molecule has 4 nitrogen and oxygen atoms in total. The molecule has 0 aromatic heterocycles. The minimum Gasteiger partial charge on any atom is -0.325 e. The van der Waals surface area contributed by atoms with E-state index < -0.39 is 5.41 Å². The molecule has 0 bridgehead atoms. The van der Waals surface area contributed by atoms with Gasteiger partial charge in [-0.15, -0.1) is 0 Å². The zero-order chi connectivity index (χ0) is 18.9. The molecule has 2 aromatic carbocycles. The first-order chi connectivity index (χ1) is 12.3. The summed E-state index contributed by atoms with van der Waals surface area (Å²) in [5.74, 6) is -0.241. The highest BCUT2D eigenvalue weighted by Gasteiger charge is 2.56. The summed E-state index contributed by atoms with van der Waals surface area (Å²) in [6.07, 6.45) is 1.10. The topological polar surface area (TPSA) is 58.2 Å². The van der Waals surface area contributed by atoms with Crippen LogP contribution in [0.15, 0.2) is 42.5 Å². The predicted molar refractivity (Wildman–Crippen MR) is 106 cm³/mol. The number of carbonyl (C=O) groups excluding carboxylic acids is 2. The van der Waals surface area contributed by atoms with Crippen LogP contribution in [-0.4, -0.2) is 11.8 Å². The Balaban J connectivity index is 1.77. The van der Waals surface area contributed by atoms with Crippen molar-refractivity contribution >= 4 is 34.8 Å². The molecular weight excluding hydrogens is 348 g/mol. The van der Waals surface area contributed by atoms with Crippen molar-refractivity contribution in [2.24, 2.45) is 5.41 Å². The van der Waals surface area contributed by atoms with Crippen molar-refractivity contribution in [2.45, 2.75) is 39.5 Å². The molecule has 1 saturated carbocycles. The molecule has 5 heteroatoms. The van der Waals surface area contributed by atoms with Crippen LogP contribution in [0.1, 0.15) is 43.7 Å². The summed E-state index contributed by atoms with van der Waals surface area (Å²) in [6, 6.07) is 13.0. The number of rotatable bonds is 5. The Labute approximate surface area is 158 Å². The third kappa shape index (κ3) is 3.61. The lowest BCUT2D eigenvalue weighted by atomic mass is 9.99. The van der Waals surface area contributed by atoms with E-state index in [2.05, 4.69) is 24.5 Å². The SMILES string of the molecule is Cc1ccc(Cl)cc1NC(=O)C1(C(=O)Nc2ccccc2C(C)C)CC1. The fraction of sp³-hybridized carbons (Fsp3) is 0.333. The summed E-state index contributed by atoms with van der Waals surface area (Å²) >= 11 is 6.02. The lowest BCUT2D eigenvalue weighted by molar-refractivity contribution is -0.131. The molecule has 2 aromatic rings. The van der Waals surface area contributed by atoms with Gasteiger partial charge in [-0.2, -0.15) is 0 Å². The number of hydrogen-bond donors (Lipinski definition) is 2. The molecular formula is C21H23ClN2O2. The monoisotopic (exact) mass is 370 g/mol. The number of anilines is 2. The van der Waals surface area contributed by atoms with E-state index in [1.807, 2.05) is 37.3 Å². The normalized spacial score (nSPS) is 14.8. The predicted octanol–water partition coefficient (Wildman–Crippen LogP) is 5.13. The summed E-state index contributed by atoms with van der Waals surface area (Å²) in [5.41, 5.74) is 2.38. The molecule has 136 valence electrons. The van der Waals surface area contributed by atoms with Crippen LogP contribution in [0.2, 0.25) is 5.02 Å². The molecule has 26 heavy (non-hydrogen) atoms. The molecule has 0 radical (unpaired) electrons. The molecule has 0 unspecified atom stereocenters. The van der Waals surface area contributed by atoms with Gasteiger partial charge in [-0.3, -0.25) is 9.59 Å². The Hall–Kier alpha value is -2.33. The third-order valence-electron chi connectivity index (χ3n) is 4.90. The summed E-state index contributed by atoms with van der Waals surface area (Å²) < 4.78 is 0. The largest absolute Gasteiger partial charge is 0.325 e. The summed E-state index contributed by atoms with van der Waals surface area (Å²) in [5, 5.41) is 6.38. The average molecular weight is 371 g/mol. The van der Waals surface area contributed by atoms with Crippen molar-refractivity contribution in [3.8, 4) is 0 Å². The van der Waals surface area contributed by atoms with Crippen LogP contribution in [0.5, 0.6) is 0 Å². The number of nitrogens with one attached hydrogen (secondary N) is 2. The van der Waals surface area contributed by atoms with Gasteiger partial charge in [-0.05, 0) is 55.0 Å². The van der Waals surface area contributed by atoms with Gasteiger partial charge in [0.25, 0.3) is 0 Å². The minimum atomic E-state index is -1.00. The number of halogens is 1. The Morgan fingerprint density at radius 3 is 2.23 bits per heavy atom. The zero-order valence-corrected chi connectivity index (χ0v) is 16.0. The van der Waals surface area contributed by atoms with Gasteiger partial charge in [0.15, 0.2) is 0 Å². The van der Waals surface area contributed by atoms with E-state index in [0.717, 1.165) is 16.8 Å². The summed E-state index contributed by atoms with van der Waals surface area (Å²) in [6.45, 7) is 6.05. The van der Waals surface area contributed by atoms with Gasteiger partial charge in [-0.25, -0.2) is 0 Å². The summed E-state index contributed by atoms with van der Waals surface area (Å²) in [4.78, 5) is 25.7. The molecule has 2 amide bonds. The van der Waals surface area contributed by atoms with Gasteiger partial charge < -0.3 is 10.6 Å². The first-order valence-electron chi connectivity index (χ1n) is 8.81. The maximum atomic E-state index is 12.9. The molecule has 0 spiro atoms. The van der Waals surface area contributed by atoms with Crippen LogP contribution in [0.25, 0.3) is 0 Å². The summed E-state index contributed by atoms with van der Waals surface area (Å²) in [7, 11) is 0. The van der Waals surface area contributed by atoms with E-state index >= 15 is 0 Å². The molecule has 1 aliphatic rings. The fourth-order valence-electron chi connectivity index (χ4n) is 3.01. The van der Waals surface area contributed by atoms with E-state index in [0.29, 0.717) is 23.6 Å². The van der Waals surface area contributed by atoms with Gasteiger partial charge in [0, 0.05) is 16.4 Å². The molecule has 0 aliphatic heterocycles. The van der Waals surface area contributed by atoms with Crippen molar-refractivity contribution < 1.29 is 9.59 Å². The number of carbonyl (C=O) groups is 2. The lowest BCUT2D eigenvalue weighted by Gasteiger charge is -2.19. The molecule has 1 aliphatic carbocycles. The van der Waals surface area contributed by atoms with E-state index in [1.165, 1.54) is 0 Å². The Morgan fingerprint density at radius 1 is 1.00 bits per heavy atom. The standard InChI is InChI=1S/C21H23ClN2O2/c1-13(2)16-6-4-5-7-17(16)23-19(25)21(10-11-21)20(26)24-18-12-15(22)9-8-14(18)3/h4-9,12-13H,10-11H2,1-3H3,(H,23,25)(H,24,26). The van der Waals surface area contributed by atoms with Gasteiger partial charge in [0.05, 0.1) is 0 Å². The Kier molecular flexibility index (Phi) is 5.05. The van der Waals surface area contributed by atoms with E-state index in [9.17, 15) is 9.59 Å². The van der Waals surface area contributed by atoms with Gasteiger partial charge in [0.2, 0.25) is 11.8 Å². The van der Waals surface area contributed by atoms with Gasteiger partial charge in [0.1, 0.15) is 5.41 Å². The maximum absolute atomic E-state index is 12.9. The highest BCUT2D eigenvalue weighted by Crippen LogP contribution is 2.48. The van der Waals surface area contributed by atoms with Gasteiger partial charge >= 0.3 is 0 Å². The lowest BCUT2D eigenvalue weighted by Crippen LogP contribution is -2.36. The number of para-hydroxylation sites is 1. The highest BCUT2D eigenvalue weighted by molar-refractivity contribution is 6.31. The second kappa shape index (κ2) is 7.12. The molecule has 0 atom stereocenters. The van der Waals surface area contributed by atoms with Crippen LogP contribution < -0.4 is 10.6 Å². The molecule has 3 rings (SSSR count). The van der Waals surface area contributed by atoms with Crippen LogP contribution in [0.4, 0.5) is 11.4 Å². The third-order valence-corrected chi connectivity index (χ3v) is 5.13. The van der Waals surface area contributed by atoms with Crippen molar-refractivity contribution in [2.75, 3.05) is 10.6 Å². The quantitative estimate of drug-likeness (QED) is 0.717. The van der Waals surface area contributed by atoms with Crippen molar-refractivity contribution in [1.82, 2.24) is 0 Å². The Morgan fingerprint density at radius 2 is 1.62 bits per heavy atom. The number of hydrogen-bond acceptors (Lipinski definition) is 2. The number of amides is 2. The van der Waals surface area contributed by atoms with Crippen LogP contribution in [0.3, 0.4) is 0 Å². The Bertz CT molecular complexity index is 857. The first kappa shape index (κ1) is 18.5. The fourth-order valence-corrected chi connectivity index (χ4v) is 3.18. The van der Waals surface area contributed by atoms with Crippen molar-refractivity contribution in [3.05, 3.63) is 58.6 Å². The second-order valence-corrected chi connectivity index (χ2v) is 7.63. The molecule has 0 heterocycles. The maximum Gasteiger partial charge on any atom is 0.240 e. The van der Waals surface area contributed by atoms with Crippen molar-refractivity contribution in [1.29, 1.82) is 0 Å².